The third-order valence-electron chi connectivity index (χ3n) is 6.37. The maximum Gasteiger partial charge on any atom is 0.315 e. The average molecular weight is 470 g/mol. The molecule has 0 aromatic carbocycles. The summed E-state index contributed by atoms with van der Waals surface area (Å²) in [6.07, 6.45) is 4.92. The van der Waals surface area contributed by atoms with Crippen LogP contribution in [0.15, 0.2) is 0 Å². The minimum Gasteiger partial charge on any atom is -0.379 e. The molecule has 0 radical (unpaired) electrons. The Labute approximate surface area is 195 Å². The lowest BCUT2D eigenvalue weighted by Crippen LogP contribution is -2.48. The van der Waals surface area contributed by atoms with E-state index in [1.807, 2.05) is 16.7 Å². The van der Waals surface area contributed by atoms with E-state index in [0.717, 1.165) is 64.2 Å². The van der Waals surface area contributed by atoms with E-state index in [4.69, 9.17) is 4.74 Å². The van der Waals surface area contributed by atoms with Crippen LogP contribution in [0.1, 0.15) is 45.4 Å². The van der Waals surface area contributed by atoms with E-state index in [-0.39, 0.29) is 29.9 Å². The molecule has 3 N–H and O–H groups in total. The van der Waals surface area contributed by atoms with Gasteiger partial charge >= 0.3 is 6.03 Å². The Kier molecular flexibility index (Phi) is 10.4. The second-order valence-electron chi connectivity index (χ2n) is 8.80. The lowest BCUT2D eigenvalue weighted by atomic mass is 10.0. The van der Waals surface area contributed by atoms with Gasteiger partial charge in [0.05, 0.1) is 31.7 Å². The van der Waals surface area contributed by atoms with Gasteiger partial charge in [0.25, 0.3) is 0 Å². The molecular weight excluding hydrogens is 430 g/mol. The zero-order valence-electron chi connectivity index (χ0n) is 19.3. The number of fused-ring (bicyclic) bond motifs is 1. The first-order chi connectivity index (χ1) is 15.6. The van der Waals surface area contributed by atoms with Crippen LogP contribution in [0.4, 0.5) is 4.79 Å². The van der Waals surface area contributed by atoms with E-state index in [0.29, 0.717) is 37.9 Å². The SMILES string of the molecule is CCCN1CCN(C(=O)CCOCCNC(=O)CCCC[C@@H]2SCC3NC(=O)NC32)CC1. The molecule has 0 aromatic rings. The van der Waals surface area contributed by atoms with Crippen LogP contribution in [0.25, 0.3) is 0 Å². The summed E-state index contributed by atoms with van der Waals surface area (Å²) < 4.78 is 5.53. The van der Waals surface area contributed by atoms with E-state index in [1.165, 1.54) is 0 Å². The Hall–Kier alpha value is -1.52. The van der Waals surface area contributed by atoms with Gasteiger partial charge in [-0.1, -0.05) is 13.3 Å². The lowest BCUT2D eigenvalue weighted by Gasteiger charge is -2.34. The van der Waals surface area contributed by atoms with Crippen LogP contribution in [-0.2, 0) is 14.3 Å². The van der Waals surface area contributed by atoms with Crippen molar-refractivity contribution in [3.63, 3.8) is 0 Å². The number of amides is 4. The zero-order valence-corrected chi connectivity index (χ0v) is 20.1. The van der Waals surface area contributed by atoms with E-state index in [9.17, 15) is 14.4 Å². The number of hydrogen-bond acceptors (Lipinski definition) is 6. The first-order valence-electron chi connectivity index (χ1n) is 12.1. The van der Waals surface area contributed by atoms with Crippen LogP contribution in [0.5, 0.6) is 0 Å². The van der Waals surface area contributed by atoms with Gasteiger partial charge in [-0.25, -0.2) is 4.79 Å². The van der Waals surface area contributed by atoms with Gasteiger partial charge in [0.15, 0.2) is 0 Å². The molecule has 9 nitrogen and oxygen atoms in total. The summed E-state index contributed by atoms with van der Waals surface area (Å²) in [5.74, 6) is 1.17. The highest BCUT2D eigenvalue weighted by Crippen LogP contribution is 2.33. The zero-order chi connectivity index (χ0) is 22.8. The summed E-state index contributed by atoms with van der Waals surface area (Å²) >= 11 is 1.91. The van der Waals surface area contributed by atoms with Gasteiger partial charge in [0, 0.05) is 50.1 Å². The Balaban J connectivity index is 1.13. The molecule has 182 valence electrons. The maximum atomic E-state index is 12.3. The predicted molar refractivity (Wildman–Crippen MR) is 126 cm³/mol. The Bertz CT molecular complexity index is 629. The smallest absolute Gasteiger partial charge is 0.315 e. The number of urea groups is 1. The summed E-state index contributed by atoms with van der Waals surface area (Å²) in [6.45, 7) is 8.12. The summed E-state index contributed by atoms with van der Waals surface area (Å²) in [6, 6.07) is 0.435. The van der Waals surface area contributed by atoms with Crippen molar-refractivity contribution in [1.29, 1.82) is 0 Å². The minimum atomic E-state index is -0.0542. The van der Waals surface area contributed by atoms with Gasteiger partial charge < -0.3 is 25.6 Å². The van der Waals surface area contributed by atoms with E-state index in [1.54, 1.807) is 0 Å². The standard InChI is InChI=1S/C22H39N5O4S/c1-2-9-26-10-12-27(13-11-26)20(29)7-14-31-15-8-23-19(28)6-4-3-5-18-21-17(16-32-18)24-22(30)25-21/h17-18,21H,2-16H2,1H3,(H,23,28)(H2,24,25,30)/t17?,18-,21?/m0/s1. The van der Waals surface area contributed by atoms with Crippen LogP contribution in [0.2, 0.25) is 0 Å². The van der Waals surface area contributed by atoms with E-state index < -0.39 is 0 Å². The molecule has 3 aliphatic rings. The van der Waals surface area contributed by atoms with Crippen LogP contribution in [-0.4, -0.2) is 103 Å². The number of piperazine rings is 1. The molecule has 3 rings (SSSR count). The molecule has 3 atom stereocenters. The number of carbonyl (C=O) groups excluding carboxylic acids is 3. The highest BCUT2D eigenvalue weighted by Gasteiger charge is 2.42. The first-order valence-corrected chi connectivity index (χ1v) is 13.1. The molecule has 0 spiro atoms. The van der Waals surface area contributed by atoms with Crippen molar-refractivity contribution >= 4 is 29.6 Å². The monoisotopic (exact) mass is 469 g/mol. The predicted octanol–water partition coefficient (Wildman–Crippen LogP) is 0.789. The number of nitrogens with one attached hydrogen (secondary N) is 3. The molecule has 3 heterocycles. The average Bonchev–Trinajstić information content (AvgIpc) is 3.33. The normalized spacial score (nSPS) is 25.3. The van der Waals surface area contributed by atoms with Gasteiger partial charge in [-0.3, -0.25) is 14.5 Å². The van der Waals surface area contributed by atoms with Crippen LogP contribution >= 0.6 is 11.8 Å². The fourth-order valence-corrected chi connectivity index (χ4v) is 6.13. The number of nitrogens with zero attached hydrogens (tertiary/aromatic N) is 2. The lowest BCUT2D eigenvalue weighted by molar-refractivity contribution is -0.134. The maximum absolute atomic E-state index is 12.3. The Morgan fingerprint density at radius 3 is 2.72 bits per heavy atom. The van der Waals surface area contributed by atoms with Crippen LogP contribution < -0.4 is 16.0 Å². The fourth-order valence-electron chi connectivity index (χ4n) is 4.58. The third-order valence-corrected chi connectivity index (χ3v) is 7.88. The van der Waals surface area contributed by atoms with Crippen LogP contribution in [0, 0.1) is 0 Å². The van der Waals surface area contributed by atoms with Crippen molar-refractivity contribution in [3.05, 3.63) is 0 Å². The van der Waals surface area contributed by atoms with Crippen molar-refractivity contribution < 1.29 is 19.1 Å². The topological polar surface area (TPSA) is 103 Å². The quantitative estimate of drug-likeness (QED) is 0.272. The molecule has 2 unspecified atom stereocenters. The second kappa shape index (κ2) is 13.3. The molecule has 4 amide bonds. The number of thioether (sulfide) groups is 1. The van der Waals surface area contributed by atoms with Crippen molar-refractivity contribution in [2.45, 2.75) is 62.8 Å². The minimum absolute atomic E-state index is 0.0439. The molecule has 3 fully saturated rings. The summed E-state index contributed by atoms with van der Waals surface area (Å²) in [4.78, 5) is 40.0. The fraction of sp³-hybridized carbons (Fsp3) is 0.864. The number of carbonyl (C=O) groups is 3. The molecular formula is C22H39N5O4S. The number of rotatable bonds is 13. The largest absolute Gasteiger partial charge is 0.379 e. The van der Waals surface area contributed by atoms with Gasteiger partial charge in [-0.15, -0.1) is 0 Å². The molecule has 10 heteroatoms. The van der Waals surface area contributed by atoms with Gasteiger partial charge in [-0.05, 0) is 25.8 Å². The number of ether oxygens (including phenoxy) is 1. The van der Waals surface area contributed by atoms with Crippen molar-refractivity contribution in [3.8, 4) is 0 Å². The molecule has 0 aliphatic carbocycles. The molecule has 3 saturated heterocycles. The van der Waals surface area contributed by atoms with Crippen molar-refractivity contribution in [1.82, 2.24) is 25.8 Å². The van der Waals surface area contributed by atoms with E-state index >= 15 is 0 Å². The van der Waals surface area contributed by atoms with Crippen molar-refractivity contribution in [2.24, 2.45) is 0 Å². The summed E-state index contributed by atoms with van der Waals surface area (Å²) in [7, 11) is 0. The third kappa shape index (κ3) is 7.81. The van der Waals surface area contributed by atoms with Gasteiger partial charge in [-0.2, -0.15) is 11.8 Å². The second-order valence-corrected chi connectivity index (χ2v) is 10.1. The number of hydrogen-bond donors (Lipinski definition) is 3. The Morgan fingerprint density at radius 2 is 1.94 bits per heavy atom. The highest BCUT2D eigenvalue weighted by atomic mass is 32.2. The first kappa shape index (κ1) is 25.1. The van der Waals surface area contributed by atoms with Crippen molar-refractivity contribution in [2.75, 3.05) is 58.2 Å². The van der Waals surface area contributed by atoms with Gasteiger partial charge in [0.1, 0.15) is 0 Å². The van der Waals surface area contributed by atoms with Gasteiger partial charge in [0.2, 0.25) is 11.8 Å². The number of unbranched alkanes of at least 4 members (excludes halogenated alkanes) is 1. The molecule has 0 bridgehead atoms. The molecule has 3 aliphatic heterocycles. The highest BCUT2D eigenvalue weighted by molar-refractivity contribution is 8.00. The van der Waals surface area contributed by atoms with Crippen LogP contribution in [0.3, 0.4) is 0 Å². The van der Waals surface area contributed by atoms with E-state index in [2.05, 4.69) is 27.8 Å². The summed E-state index contributed by atoms with van der Waals surface area (Å²) in [5, 5.41) is 9.28. The molecule has 32 heavy (non-hydrogen) atoms. The molecule has 0 aromatic heterocycles. The summed E-state index contributed by atoms with van der Waals surface area (Å²) in [5.41, 5.74) is 0. The Morgan fingerprint density at radius 1 is 1.12 bits per heavy atom. The molecule has 0 saturated carbocycles.